The topological polar surface area (TPSA) is 66.9 Å². The van der Waals surface area contributed by atoms with Gasteiger partial charge in [-0.05, 0) is 49.9 Å². The standard InChI is InChI=1S/C19H24N2O4/c1-3-25-19(24)16-5-4-9-20(12-16)18(23)15-6-7-17-14(11-15)8-10-21(17)13(2)22/h6-7,11,16H,3-5,8-10,12H2,1-2H3/t16-/m0/s1. The SMILES string of the molecule is CCOC(=O)[C@H]1CCCN(C(=O)c2ccc3c(c2)CCN3C(C)=O)C1. The molecule has 0 N–H and O–H groups in total. The highest BCUT2D eigenvalue weighted by Gasteiger charge is 2.30. The van der Waals surface area contributed by atoms with Gasteiger partial charge in [0.25, 0.3) is 5.91 Å². The summed E-state index contributed by atoms with van der Waals surface area (Å²) in [4.78, 5) is 39.9. The van der Waals surface area contributed by atoms with Gasteiger partial charge in [0.1, 0.15) is 0 Å². The van der Waals surface area contributed by atoms with Crippen LogP contribution in [0.15, 0.2) is 18.2 Å². The number of rotatable bonds is 3. The number of amides is 2. The molecule has 1 fully saturated rings. The van der Waals surface area contributed by atoms with E-state index < -0.39 is 0 Å². The number of hydrogen-bond acceptors (Lipinski definition) is 4. The predicted octanol–water partition coefficient (Wildman–Crippen LogP) is 2.01. The summed E-state index contributed by atoms with van der Waals surface area (Å²) in [6, 6.07) is 5.51. The Kier molecular flexibility index (Phi) is 5.06. The Morgan fingerprint density at radius 1 is 1.24 bits per heavy atom. The zero-order valence-electron chi connectivity index (χ0n) is 14.8. The second kappa shape index (κ2) is 7.25. The number of piperidine rings is 1. The maximum absolute atomic E-state index is 12.8. The molecule has 25 heavy (non-hydrogen) atoms. The number of anilines is 1. The highest BCUT2D eigenvalue weighted by Crippen LogP contribution is 2.30. The highest BCUT2D eigenvalue weighted by molar-refractivity contribution is 5.98. The Morgan fingerprint density at radius 2 is 2.04 bits per heavy atom. The van der Waals surface area contributed by atoms with E-state index in [2.05, 4.69) is 0 Å². The fraction of sp³-hybridized carbons (Fsp3) is 0.526. The third kappa shape index (κ3) is 3.52. The van der Waals surface area contributed by atoms with E-state index in [9.17, 15) is 14.4 Å². The number of likely N-dealkylation sites (tertiary alicyclic amines) is 1. The summed E-state index contributed by atoms with van der Waals surface area (Å²) in [5.41, 5.74) is 2.54. The molecule has 0 radical (unpaired) electrons. The van der Waals surface area contributed by atoms with Gasteiger partial charge in [-0.15, -0.1) is 0 Å². The van der Waals surface area contributed by atoms with Crippen LogP contribution in [0.2, 0.25) is 0 Å². The van der Waals surface area contributed by atoms with Crippen LogP contribution < -0.4 is 4.90 Å². The zero-order chi connectivity index (χ0) is 18.0. The van der Waals surface area contributed by atoms with Crippen molar-refractivity contribution in [3.63, 3.8) is 0 Å². The lowest BCUT2D eigenvalue weighted by molar-refractivity contribution is -0.149. The molecule has 2 amide bonds. The minimum Gasteiger partial charge on any atom is -0.466 e. The largest absolute Gasteiger partial charge is 0.466 e. The number of ether oxygens (including phenoxy) is 1. The van der Waals surface area contributed by atoms with E-state index in [0.29, 0.717) is 31.8 Å². The quantitative estimate of drug-likeness (QED) is 0.787. The van der Waals surface area contributed by atoms with Crippen LogP contribution in [0.4, 0.5) is 5.69 Å². The normalized spacial score (nSPS) is 19.5. The maximum atomic E-state index is 12.8. The first-order chi connectivity index (χ1) is 12.0. The molecule has 6 nitrogen and oxygen atoms in total. The number of hydrogen-bond donors (Lipinski definition) is 0. The number of nitrogens with zero attached hydrogens (tertiary/aromatic N) is 2. The molecule has 3 rings (SSSR count). The van der Waals surface area contributed by atoms with Crippen LogP contribution in [-0.2, 0) is 20.7 Å². The van der Waals surface area contributed by atoms with Crippen molar-refractivity contribution in [3.05, 3.63) is 29.3 Å². The number of benzene rings is 1. The molecular formula is C19H24N2O4. The highest BCUT2D eigenvalue weighted by atomic mass is 16.5. The number of carbonyl (C=O) groups is 3. The third-order valence-electron chi connectivity index (χ3n) is 4.93. The molecule has 0 saturated carbocycles. The molecular weight excluding hydrogens is 320 g/mol. The van der Waals surface area contributed by atoms with Crippen LogP contribution in [0.25, 0.3) is 0 Å². The first kappa shape index (κ1) is 17.5. The van der Waals surface area contributed by atoms with Crippen LogP contribution >= 0.6 is 0 Å². The van der Waals surface area contributed by atoms with Crippen LogP contribution in [0.3, 0.4) is 0 Å². The van der Waals surface area contributed by atoms with E-state index in [1.807, 2.05) is 12.1 Å². The number of esters is 1. The Bertz CT molecular complexity index is 701. The minimum atomic E-state index is -0.236. The summed E-state index contributed by atoms with van der Waals surface area (Å²) in [6.07, 6.45) is 2.33. The van der Waals surface area contributed by atoms with Crippen molar-refractivity contribution in [3.8, 4) is 0 Å². The average Bonchev–Trinajstić information content (AvgIpc) is 3.04. The van der Waals surface area contributed by atoms with Gasteiger partial charge in [0, 0.05) is 37.8 Å². The lowest BCUT2D eigenvalue weighted by atomic mass is 9.97. The fourth-order valence-corrected chi connectivity index (χ4v) is 3.66. The van der Waals surface area contributed by atoms with Crippen molar-refractivity contribution >= 4 is 23.5 Å². The van der Waals surface area contributed by atoms with Crippen molar-refractivity contribution in [2.45, 2.75) is 33.1 Å². The first-order valence-electron chi connectivity index (χ1n) is 8.88. The van der Waals surface area contributed by atoms with Crippen LogP contribution in [-0.4, -0.2) is 48.9 Å². The molecule has 1 aromatic carbocycles. The van der Waals surface area contributed by atoms with E-state index in [-0.39, 0.29) is 23.7 Å². The third-order valence-corrected chi connectivity index (χ3v) is 4.93. The molecule has 0 spiro atoms. The zero-order valence-corrected chi connectivity index (χ0v) is 14.8. The van der Waals surface area contributed by atoms with Gasteiger partial charge in [0.05, 0.1) is 12.5 Å². The molecule has 2 heterocycles. The molecule has 2 aliphatic heterocycles. The van der Waals surface area contributed by atoms with Crippen molar-refractivity contribution in [1.29, 1.82) is 0 Å². The molecule has 0 bridgehead atoms. The molecule has 2 aliphatic rings. The smallest absolute Gasteiger partial charge is 0.310 e. The predicted molar refractivity (Wildman–Crippen MR) is 93.4 cm³/mol. The fourth-order valence-electron chi connectivity index (χ4n) is 3.66. The van der Waals surface area contributed by atoms with Crippen molar-refractivity contribution in [2.75, 3.05) is 31.1 Å². The van der Waals surface area contributed by atoms with E-state index in [0.717, 1.165) is 30.5 Å². The summed E-state index contributed by atoms with van der Waals surface area (Å²) in [5, 5.41) is 0. The van der Waals surface area contributed by atoms with Gasteiger partial charge in [0.15, 0.2) is 0 Å². The van der Waals surface area contributed by atoms with Gasteiger partial charge in [0.2, 0.25) is 5.91 Å². The van der Waals surface area contributed by atoms with Gasteiger partial charge in [-0.3, -0.25) is 14.4 Å². The summed E-state index contributed by atoms with van der Waals surface area (Å²) < 4.78 is 5.10. The Morgan fingerprint density at radius 3 is 2.76 bits per heavy atom. The summed E-state index contributed by atoms with van der Waals surface area (Å²) in [7, 11) is 0. The average molecular weight is 344 g/mol. The van der Waals surface area contributed by atoms with Gasteiger partial charge in [-0.1, -0.05) is 0 Å². The van der Waals surface area contributed by atoms with Crippen LogP contribution in [0, 0.1) is 5.92 Å². The van der Waals surface area contributed by atoms with Crippen LogP contribution in [0.1, 0.15) is 42.6 Å². The summed E-state index contributed by atoms with van der Waals surface area (Å²) >= 11 is 0. The molecule has 0 aromatic heterocycles. The second-order valence-electron chi connectivity index (χ2n) is 6.61. The maximum Gasteiger partial charge on any atom is 0.310 e. The van der Waals surface area contributed by atoms with Gasteiger partial charge in [-0.25, -0.2) is 0 Å². The molecule has 6 heteroatoms. The van der Waals surface area contributed by atoms with E-state index in [1.165, 1.54) is 0 Å². The molecule has 1 aromatic rings. The Balaban J connectivity index is 1.73. The summed E-state index contributed by atoms with van der Waals surface area (Å²) in [6.45, 7) is 5.44. The van der Waals surface area contributed by atoms with E-state index >= 15 is 0 Å². The Labute approximate surface area is 147 Å². The summed E-state index contributed by atoms with van der Waals surface area (Å²) in [5.74, 6) is -0.490. The molecule has 134 valence electrons. The number of carbonyl (C=O) groups excluding carboxylic acids is 3. The van der Waals surface area contributed by atoms with Crippen molar-refractivity contribution in [1.82, 2.24) is 4.90 Å². The van der Waals surface area contributed by atoms with E-state index in [4.69, 9.17) is 4.74 Å². The molecule has 1 atom stereocenters. The van der Waals surface area contributed by atoms with E-state index in [1.54, 1.807) is 29.7 Å². The van der Waals surface area contributed by atoms with Crippen LogP contribution in [0.5, 0.6) is 0 Å². The van der Waals surface area contributed by atoms with Crippen molar-refractivity contribution < 1.29 is 19.1 Å². The lowest BCUT2D eigenvalue weighted by Gasteiger charge is -2.31. The monoisotopic (exact) mass is 344 g/mol. The number of fused-ring (bicyclic) bond motifs is 1. The second-order valence-corrected chi connectivity index (χ2v) is 6.61. The molecule has 1 saturated heterocycles. The molecule has 0 unspecified atom stereocenters. The van der Waals surface area contributed by atoms with Crippen molar-refractivity contribution in [2.24, 2.45) is 5.92 Å². The first-order valence-corrected chi connectivity index (χ1v) is 8.88. The lowest BCUT2D eigenvalue weighted by Crippen LogP contribution is -2.42. The van der Waals surface area contributed by atoms with Gasteiger partial charge in [-0.2, -0.15) is 0 Å². The Hall–Kier alpha value is -2.37. The minimum absolute atomic E-state index is 0.0196. The van der Waals surface area contributed by atoms with Gasteiger partial charge < -0.3 is 14.5 Å². The molecule has 0 aliphatic carbocycles. The van der Waals surface area contributed by atoms with Gasteiger partial charge >= 0.3 is 5.97 Å².